The Bertz CT molecular complexity index is 1280. The lowest BCUT2D eigenvalue weighted by Gasteiger charge is -2.13. The number of aromatic carboxylic acids is 1. The van der Waals surface area contributed by atoms with Crippen LogP contribution in [0.4, 0.5) is 5.69 Å². The van der Waals surface area contributed by atoms with Gasteiger partial charge in [-0.3, -0.25) is 9.59 Å². The summed E-state index contributed by atoms with van der Waals surface area (Å²) >= 11 is 0. The zero-order chi connectivity index (χ0) is 24.1. The zero-order valence-corrected chi connectivity index (χ0v) is 18.0. The first-order valence-electron chi connectivity index (χ1n) is 10.1. The second kappa shape index (κ2) is 9.78. The van der Waals surface area contributed by atoms with Gasteiger partial charge >= 0.3 is 0 Å². The van der Waals surface area contributed by atoms with Crippen molar-refractivity contribution >= 4 is 29.5 Å². The Labute approximate surface area is 194 Å². The fourth-order valence-corrected chi connectivity index (χ4v) is 3.24. The number of amides is 2. The van der Waals surface area contributed by atoms with Crippen LogP contribution >= 0.6 is 0 Å². The van der Waals surface area contributed by atoms with Gasteiger partial charge in [-0.25, -0.2) is 0 Å². The Morgan fingerprint density at radius 1 is 0.971 bits per heavy atom. The average Bonchev–Trinajstić information content (AvgIpc) is 3.31. The summed E-state index contributed by atoms with van der Waals surface area (Å²) in [6, 6.07) is 17.2. The predicted molar refractivity (Wildman–Crippen MR) is 120 cm³/mol. The van der Waals surface area contributed by atoms with Gasteiger partial charge in [0.25, 0.3) is 11.8 Å². The summed E-state index contributed by atoms with van der Waals surface area (Å²) in [7, 11) is 1.44. The van der Waals surface area contributed by atoms with Gasteiger partial charge < -0.3 is 34.7 Å². The molecule has 3 aromatic rings. The standard InChI is InChI=1S/C25H20N2O7/c1-32-20-5-3-2-4-18(20)23(28)27-19(12-15-6-11-21-22(13-15)34-14-33-21)24(29)26-17-9-7-16(8-10-17)25(30)31/h2-13H,14H2,1H3,(H,26,29)(H,27,28)(H,30,31)/p-1/b19-12+. The molecule has 172 valence electrons. The lowest BCUT2D eigenvalue weighted by atomic mass is 10.1. The van der Waals surface area contributed by atoms with Crippen molar-refractivity contribution in [1.29, 1.82) is 0 Å². The molecule has 0 spiro atoms. The minimum Gasteiger partial charge on any atom is -0.545 e. The second-order valence-electron chi connectivity index (χ2n) is 7.14. The van der Waals surface area contributed by atoms with Gasteiger partial charge in [0.1, 0.15) is 11.4 Å². The minimum atomic E-state index is -1.33. The minimum absolute atomic E-state index is 0.0291. The number of carbonyl (C=O) groups is 3. The number of rotatable bonds is 7. The molecule has 0 saturated carbocycles. The van der Waals surface area contributed by atoms with Crippen molar-refractivity contribution in [3.05, 3.63) is 89.1 Å². The van der Waals surface area contributed by atoms with E-state index >= 15 is 0 Å². The number of anilines is 1. The molecule has 9 nitrogen and oxygen atoms in total. The molecule has 1 heterocycles. The maximum absolute atomic E-state index is 13.1. The number of methoxy groups -OCH3 is 1. The Kier molecular flexibility index (Phi) is 6.45. The van der Waals surface area contributed by atoms with Crippen molar-refractivity contribution < 1.29 is 33.7 Å². The third-order valence-electron chi connectivity index (χ3n) is 4.93. The van der Waals surface area contributed by atoms with Crippen molar-refractivity contribution in [2.75, 3.05) is 19.2 Å². The van der Waals surface area contributed by atoms with E-state index in [2.05, 4.69) is 10.6 Å². The van der Waals surface area contributed by atoms with Crippen LogP contribution in [0, 0.1) is 0 Å². The Hall–Kier alpha value is -4.79. The van der Waals surface area contributed by atoms with Crippen LogP contribution in [-0.4, -0.2) is 31.7 Å². The summed E-state index contributed by atoms with van der Waals surface area (Å²) in [6.07, 6.45) is 1.49. The van der Waals surface area contributed by atoms with Gasteiger partial charge in [-0.05, 0) is 53.6 Å². The first-order valence-corrected chi connectivity index (χ1v) is 10.1. The van der Waals surface area contributed by atoms with Crippen molar-refractivity contribution in [2.45, 2.75) is 0 Å². The fourth-order valence-electron chi connectivity index (χ4n) is 3.24. The van der Waals surface area contributed by atoms with Crippen molar-refractivity contribution in [3.8, 4) is 17.2 Å². The van der Waals surface area contributed by atoms with E-state index in [1.807, 2.05) is 0 Å². The molecule has 3 aromatic carbocycles. The number of carbonyl (C=O) groups excluding carboxylic acids is 3. The number of para-hydroxylation sites is 1. The van der Waals surface area contributed by atoms with E-state index in [1.165, 1.54) is 37.5 Å². The van der Waals surface area contributed by atoms with Crippen LogP contribution in [0.15, 0.2) is 72.4 Å². The second-order valence-corrected chi connectivity index (χ2v) is 7.14. The molecular formula is C25H19N2O7-. The van der Waals surface area contributed by atoms with Gasteiger partial charge in [0.2, 0.25) is 6.79 Å². The number of hydrogen-bond acceptors (Lipinski definition) is 7. The van der Waals surface area contributed by atoms with E-state index < -0.39 is 17.8 Å². The van der Waals surface area contributed by atoms with Crippen LogP contribution in [-0.2, 0) is 4.79 Å². The molecule has 4 rings (SSSR count). The van der Waals surface area contributed by atoms with Crippen LogP contribution in [0.1, 0.15) is 26.3 Å². The van der Waals surface area contributed by atoms with E-state index in [0.29, 0.717) is 28.5 Å². The molecule has 0 bridgehead atoms. The lowest BCUT2D eigenvalue weighted by molar-refractivity contribution is -0.255. The third kappa shape index (κ3) is 4.99. The van der Waals surface area contributed by atoms with Crippen molar-refractivity contribution in [2.24, 2.45) is 0 Å². The smallest absolute Gasteiger partial charge is 0.272 e. The maximum Gasteiger partial charge on any atom is 0.272 e. The Morgan fingerprint density at radius 3 is 2.44 bits per heavy atom. The first kappa shape index (κ1) is 22.4. The van der Waals surface area contributed by atoms with E-state index in [4.69, 9.17) is 14.2 Å². The summed E-state index contributed by atoms with van der Waals surface area (Å²) in [5, 5.41) is 16.2. The highest BCUT2D eigenvalue weighted by Crippen LogP contribution is 2.33. The van der Waals surface area contributed by atoms with E-state index in [9.17, 15) is 19.5 Å². The van der Waals surface area contributed by atoms with Gasteiger partial charge in [-0.1, -0.05) is 30.3 Å². The molecule has 0 saturated heterocycles. The average molecular weight is 459 g/mol. The van der Waals surface area contributed by atoms with Gasteiger partial charge in [0, 0.05) is 5.69 Å². The molecule has 1 aliphatic heterocycles. The number of benzene rings is 3. The molecule has 9 heteroatoms. The van der Waals surface area contributed by atoms with Gasteiger partial charge in [0.05, 0.1) is 18.6 Å². The molecular weight excluding hydrogens is 440 g/mol. The Morgan fingerprint density at radius 2 is 1.71 bits per heavy atom. The first-order chi connectivity index (χ1) is 16.4. The highest BCUT2D eigenvalue weighted by molar-refractivity contribution is 6.11. The summed E-state index contributed by atoms with van der Waals surface area (Å²) in [6.45, 7) is 0.0994. The number of carboxylic acid groups (broad SMARTS) is 1. The number of ether oxygens (including phenoxy) is 3. The van der Waals surface area contributed by atoms with E-state index in [1.54, 1.807) is 42.5 Å². The number of nitrogens with one attached hydrogen (secondary N) is 2. The van der Waals surface area contributed by atoms with Crippen molar-refractivity contribution in [1.82, 2.24) is 5.32 Å². The van der Waals surface area contributed by atoms with E-state index in [-0.39, 0.29) is 23.6 Å². The summed E-state index contributed by atoms with van der Waals surface area (Å²) in [5.74, 6) is -1.06. The molecule has 0 radical (unpaired) electrons. The lowest BCUT2D eigenvalue weighted by Crippen LogP contribution is -2.31. The highest BCUT2D eigenvalue weighted by atomic mass is 16.7. The summed E-state index contributed by atoms with van der Waals surface area (Å²) in [4.78, 5) is 37.0. The van der Waals surface area contributed by atoms with Crippen LogP contribution in [0.25, 0.3) is 6.08 Å². The van der Waals surface area contributed by atoms with Crippen LogP contribution in [0.2, 0.25) is 0 Å². The molecule has 0 aliphatic carbocycles. The molecule has 34 heavy (non-hydrogen) atoms. The van der Waals surface area contributed by atoms with Crippen molar-refractivity contribution in [3.63, 3.8) is 0 Å². The SMILES string of the molecule is COc1ccccc1C(=O)N/C(=C/c1ccc2c(c1)OCO2)C(=O)Nc1ccc(C(=O)[O-])cc1. The monoisotopic (exact) mass is 459 g/mol. The normalized spacial score (nSPS) is 12.1. The molecule has 0 atom stereocenters. The van der Waals surface area contributed by atoms with Gasteiger partial charge in [-0.2, -0.15) is 0 Å². The largest absolute Gasteiger partial charge is 0.545 e. The van der Waals surface area contributed by atoms with Crippen LogP contribution in [0.5, 0.6) is 17.2 Å². The number of hydrogen-bond donors (Lipinski definition) is 2. The van der Waals surface area contributed by atoms with Gasteiger partial charge in [-0.15, -0.1) is 0 Å². The predicted octanol–water partition coefficient (Wildman–Crippen LogP) is 2.20. The molecule has 0 fully saturated rings. The maximum atomic E-state index is 13.1. The topological polar surface area (TPSA) is 126 Å². The Balaban J connectivity index is 1.63. The number of fused-ring (bicyclic) bond motifs is 1. The summed E-state index contributed by atoms with van der Waals surface area (Å²) < 4.78 is 15.9. The zero-order valence-electron chi connectivity index (χ0n) is 18.0. The molecule has 1 aliphatic rings. The van der Waals surface area contributed by atoms with Crippen LogP contribution in [0.3, 0.4) is 0 Å². The highest BCUT2D eigenvalue weighted by Gasteiger charge is 2.19. The molecule has 2 N–H and O–H groups in total. The molecule has 2 amide bonds. The van der Waals surface area contributed by atoms with Crippen LogP contribution < -0.4 is 30.0 Å². The molecule has 0 unspecified atom stereocenters. The molecule has 0 aromatic heterocycles. The van der Waals surface area contributed by atoms with E-state index in [0.717, 1.165) is 0 Å². The fraction of sp³-hybridized carbons (Fsp3) is 0.0800. The van der Waals surface area contributed by atoms with Gasteiger partial charge in [0.15, 0.2) is 11.5 Å². The summed E-state index contributed by atoms with van der Waals surface area (Å²) in [5.41, 5.74) is 1.07. The number of carboxylic acids is 1. The third-order valence-corrected chi connectivity index (χ3v) is 4.93. The quantitative estimate of drug-likeness (QED) is 0.519.